The van der Waals surface area contributed by atoms with Crippen LogP contribution in [-0.4, -0.2) is 18.4 Å². The third kappa shape index (κ3) is 5.54. The van der Waals surface area contributed by atoms with Crippen LogP contribution in [-0.2, 0) is 9.47 Å². The molecule has 8 atom stereocenters. The molecule has 0 radical (unpaired) electrons. The summed E-state index contributed by atoms with van der Waals surface area (Å²) in [4.78, 5) is 12.5. The summed E-state index contributed by atoms with van der Waals surface area (Å²) in [6, 6.07) is 0. The number of carbonyl (C=O) groups is 1. The largest absolute Gasteiger partial charge is 0.508 e. The lowest BCUT2D eigenvalue weighted by molar-refractivity contribution is -0.0647. The van der Waals surface area contributed by atoms with Gasteiger partial charge in [0, 0.05) is 6.42 Å². The second-order valence-corrected chi connectivity index (χ2v) is 14.9. The number of carbonyl (C=O) groups excluding carboxylic acids is 1. The van der Waals surface area contributed by atoms with E-state index in [-0.39, 0.29) is 12.2 Å². The highest BCUT2D eigenvalue weighted by atomic mass is 16.7. The molecule has 5 rings (SSSR count). The smallest absolute Gasteiger partial charge is 0.431 e. The Morgan fingerprint density at radius 2 is 1.65 bits per heavy atom. The Hall–Kier alpha value is -0.990. The minimum Gasteiger partial charge on any atom is -0.431 e. The highest BCUT2D eigenvalue weighted by Crippen LogP contribution is 2.67. The predicted octanol–water partition coefficient (Wildman–Crippen LogP) is 9.88. The van der Waals surface area contributed by atoms with Crippen LogP contribution in [0.15, 0.2) is 11.6 Å². The molecule has 5 aliphatic rings. The highest BCUT2D eigenvalue weighted by molar-refractivity contribution is 5.60. The standard InChI is InChI=1S/C34H56O3/c1-23(2)10-9-11-24(3)29-16-17-30-28-15-14-25-22-27(37-32(35)36-26-12-7-6-8-13-26)18-20-33(25,4)31(28)19-21-34(29,30)5/h14,23-24,26-31H,6-13,15-22H2,1-5H3. The molecule has 4 fully saturated rings. The van der Waals surface area contributed by atoms with Gasteiger partial charge < -0.3 is 9.47 Å². The minimum absolute atomic E-state index is 0.00312. The first-order chi connectivity index (χ1) is 17.7. The van der Waals surface area contributed by atoms with Crippen LogP contribution in [0.5, 0.6) is 0 Å². The fourth-order valence-corrected chi connectivity index (χ4v) is 10.2. The summed E-state index contributed by atoms with van der Waals surface area (Å²) >= 11 is 0. The first-order valence-electron chi connectivity index (χ1n) is 16.3. The average molecular weight is 513 g/mol. The third-order valence-electron chi connectivity index (χ3n) is 12.3. The van der Waals surface area contributed by atoms with Crippen molar-refractivity contribution < 1.29 is 14.3 Å². The summed E-state index contributed by atoms with van der Waals surface area (Å²) in [5.41, 5.74) is 2.44. The van der Waals surface area contributed by atoms with Gasteiger partial charge in [0.1, 0.15) is 12.2 Å². The fourth-order valence-electron chi connectivity index (χ4n) is 10.2. The normalized spacial score (nSPS) is 40.8. The van der Waals surface area contributed by atoms with Gasteiger partial charge in [-0.3, -0.25) is 0 Å². The molecule has 0 aliphatic heterocycles. The number of hydrogen-bond acceptors (Lipinski definition) is 3. The summed E-state index contributed by atoms with van der Waals surface area (Å²) in [5.74, 6) is 5.20. The molecule has 210 valence electrons. The minimum atomic E-state index is -0.414. The van der Waals surface area contributed by atoms with Crippen molar-refractivity contribution in [3.8, 4) is 0 Å². The molecule has 0 spiro atoms. The SMILES string of the molecule is CC(C)CCCC(C)C1CCC2C3CC=C4CC(OC(=O)OC5CCCCC5)CCC4(C)C3CCC12C. The lowest BCUT2D eigenvalue weighted by Gasteiger charge is -2.58. The van der Waals surface area contributed by atoms with E-state index in [1.807, 2.05) is 0 Å². The summed E-state index contributed by atoms with van der Waals surface area (Å²) in [7, 11) is 0. The maximum absolute atomic E-state index is 12.5. The van der Waals surface area contributed by atoms with Crippen LogP contribution in [0.3, 0.4) is 0 Å². The molecule has 5 aliphatic carbocycles. The number of allylic oxidation sites excluding steroid dienone is 1. The Labute approximate surface area is 227 Å². The maximum Gasteiger partial charge on any atom is 0.508 e. The lowest BCUT2D eigenvalue weighted by atomic mass is 9.47. The fraction of sp³-hybridized carbons (Fsp3) is 0.912. The van der Waals surface area contributed by atoms with Crippen molar-refractivity contribution in [2.45, 2.75) is 150 Å². The molecule has 0 heterocycles. The maximum atomic E-state index is 12.5. The van der Waals surface area contributed by atoms with Gasteiger partial charge in [0.25, 0.3) is 0 Å². The molecule has 0 aromatic rings. The van der Waals surface area contributed by atoms with Crippen LogP contribution < -0.4 is 0 Å². The van der Waals surface area contributed by atoms with Crippen LogP contribution in [0.4, 0.5) is 4.79 Å². The van der Waals surface area contributed by atoms with Gasteiger partial charge in [-0.2, -0.15) is 0 Å². The molecule has 0 amide bonds. The molecule has 37 heavy (non-hydrogen) atoms. The van der Waals surface area contributed by atoms with Crippen LogP contribution >= 0.6 is 0 Å². The Morgan fingerprint density at radius 1 is 0.892 bits per heavy atom. The van der Waals surface area contributed by atoms with E-state index in [4.69, 9.17) is 9.47 Å². The first-order valence-corrected chi connectivity index (χ1v) is 16.3. The van der Waals surface area contributed by atoms with Crippen molar-refractivity contribution in [3.63, 3.8) is 0 Å². The molecule has 0 bridgehead atoms. The molecule has 0 N–H and O–H groups in total. The summed E-state index contributed by atoms with van der Waals surface area (Å²) < 4.78 is 11.6. The van der Waals surface area contributed by atoms with E-state index in [1.165, 1.54) is 77.0 Å². The predicted molar refractivity (Wildman–Crippen MR) is 151 cm³/mol. The molecule has 0 saturated heterocycles. The van der Waals surface area contributed by atoms with E-state index in [9.17, 15) is 4.79 Å². The van der Waals surface area contributed by atoms with E-state index in [1.54, 1.807) is 5.57 Å². The molecule has 0 aromatic carbocycles. The molecule has 3 heteroatoms. The van der Waals surface area contributed by atoms with Crippen molar-refractivity contribution >= 4 is 6.16 Å². The zero-order valence-corrected chi connectivity index (χ0v) is 24.7. The van der Waals surface area contributed by atoms with Crippen LogP contribution in [0.25, 0.3) is 0 Å². The molecular weight excluding hydrogens is 456 g/mol. The summed E-state index contributed by atoms with van der Waals surface area (Å²) in [6.45, 7) is 12.6. The van der Waals surface area contributed by atoms with E-state index in [2.05, 4.69) is 40.7 Å². The van der Waals surface area contributed by atoms with Crippen molar-refractivity contribution in [1.82, 2.24) is 0 Å². The van der Waals surface area contributed by atoms with Crippen LogP contribution in [0.1, 0.15) is 137 Å². The number of rotatable bonds is 7. The van der Waals surface area contributed by atoms with Gasteiger partial charge in [0.05, 0.1) is 0 Å². The van der Waals surface area contributed by atoms with Crippen molar-refractivity contribution in [3.05, 3.63) is 11.6 Å². The van der Waals surface area contributed by atoms with Gasteiger partial charge in [-0.1, -0.05) is 72.0 Å². The molecule has 3 nitrogen and oxygen atoms in total. The molecule has 8 unspecified atom stereocenters. The third-order valence-corrected chi connectivity index (χ3v) is 12.3. The first kappa shape index (κ1) is 27.6. The zero-order valence-electron chi connectivity index (χ0n) is 24.7. The van der Waals surface area contributed by atoms with Gasteiger partial charge in [0.2, 0.25) is 0 Å². The quantitative estimate of drug-likeness (QED) is 0.251. The topological polar surface area (TPSA) is 35.5 Å². The summed E-state index contributed by atoms with van der Waals surface area (Å²) in [5, 5.41) is 0. The number of fused-ring (bicyclic) bond motifs is 5. The van der Waals surface area contributed by atoms with Crippen molar-refractivity contribution in [1.29, 1.82) is 0 Å². The molecular formula is C34H56O3. The molecule has 0 aromatic heterocycles. The van der Waals surface area contributed by atoms with Crippen LogP contribution in [0.2, 0.25) is 0 Å². The zero-order chi connectivity index (χ0) is 26.2. The van der Waals surface area contributed by atoms with E-state index in [0.717, 1.165) is 61.2 Å². The van der Waals surface area contributed by atoms with Gasteiger partial charge in [-0.05, 0) is 117 Å². The Morgan fingerprint density at radius 3 is 2.41 bits per heavy atom. The Bertz CT molecular complexity index is 825. The van der Waals surface area contributed by atoms with E-state index in [0.29, 0.717) is 10.8 Å². The van der Waals surface area contributed by atoms with Gasteiger partial charge >= 0.3 is 6.16 Å². The van der Waals surface area contributed by atoms with E-state index < -0.39 is 6.16 Å². The number of hydrogen-bond donors (Lipinski definition) is 0. The van der Waals surface area contributed by atoms with Crippen LogP contribution in [0, 0.1) is 46.3 Å². The second-order valence-electron chi connectivity index (χ2n) is 14.9. The second kappa shape index (κ2) is 11.2. The highest BCUT2D eigenvalue weighted by Gasteiger charge is 2.59. The Kier molecular flexibility index (Phi) is 8.38. The lowest BCUT2D eigenvalue weighted by Crippen LogP contribution is -2.51. The van der Waals surface area contributed by atoms with E-state index >= 15 is 0 Å². The number of ether oxygens (including phenoxy) is 2. The summed E-state index contributed by atoms with van der Waals surface area (Å²) in [6.07, 6.45) is 22.2. The molecule has 4 saturated carbocycles. The van der Waals surface area contributed by atoms with Crippen molar-refractivity contribution in [2.24, 2.45) is 46.3 Å². The van der Waals surface area contributed by atoms with Gasteiger partial charge in [0.15, 0.2) is 0 Å². The van der Waals surface area contributed by atoms with Gasteiger partial charge in [-0.25, -0.2) is 4.79 Å². The van der Waals surface area contributed by atoms with Gasteiger partial charge in [-0.15, -0.1) is 0 Å². The Balaban J connectivity index is 1.20. The average Bonchev–Trinajstić information content (AvgIpc) is 3.22. The van der Waals surface area contributed by atoms with Crippen molar-refractivity contribution in [2.75, 3.05) is 0 Å². The monoisotopic (exact) mass is 512 g/mol.